The average Bonchev–Trinajstić information content (AvgIpc) is 3.20. The lowest BCUT2D eigenvalue weighted by atomic mass is 10.0. The number of aliphatic hydroxyl groups excluding tert-OH is 2. The number of hydrogen-bond donors (Lipinski definition) is 3. The molecule has 0 heterocycles. The van der Waals surface area contributed by atoms with Crippen LogP contribution >= 0.6 is 0 Å². The molecule has 1 amide bonds. The van der Waals surface area contributed by atoms with Crippen molar-refractivity contribution in [1.29, 1.82) is 0 Å². The summed E-state index contributed by atoms with van der Waals surface area (Å²) in [6.45, 7) is 6.46. The van der Waals surface area contributed by atoms with E-state index in [9.17, 15) is 19.8 Å². The maximum atomic E-state index is 13.2. The maximum Gasteiger partial charge on any atom is 0.306 e. The summed E-state index contributed by atoms with van der Waals surface area (Å²) in [6, 6.07) is -0.702. The van der Waals surface area contributed by atoms with Crippen LogP contribution in [0.4, 0.5) is 0 Å². The number of aliphatic hydroxyl groups is 2. The normalized spacial score (nSPS) is 13.4. The second kappa shape index (κ2) is 45.4. The van der Waals surface area contributed by atoms with Crippen molar-refractivity contribution in [3.05, 3.63) is 24.3 Å². The number of carbonyl (C=O) groups excluding carboxylic acids is 2. The molecule has 0 saturated heterocycles. The molecule has 0 spiro atoms. The van der Waals surface area contributed by atoms with Gasteiger partial charge in [-0.2, -0.15) is 0 Å². The highest BCUT2D eigenvalue weighted by atomic mass is 16.5. The summed E-state index contributed by atoms with van der Waals surface area (Å²) in [6.07, 6.45) is 50.9. The van der Waals surface area contributed by atoms with E-state index in [1.54, 1.807) is 0 Å². The maximum absolute atomic E-state index is 13.2. The van der Waals surface area contributed by atoms with E-state index in [1.165, 1.54) is 148 Å². The standard InChI is InChI=1S/C51H97NO5/c1-4-7-10-13-16-19-22-24-26-29-32-35-38-41-44-51(56)57-47(42-39-36-33-30-28-25-23-20-17-14-11-8-5-2)45-50(55)52-48(46-53)49(54)43-40-37-34-31-27-21-18-15-12-9-6-3/h20,23,26,29,47-49,53-54H,4-19,21-22,24-25,27-28,30-46H2,1-3H3,(H,52,55)/b23-20-,29-26-. The Morgan fingerprint density at radius 1 is 0.491 bits per heavy atom. The first-order valence-corrected chi connectivity index (χ1v) is 25.1. The Kier molecular flexibility index (Phi) is 44.1. The number of nitrogens with one attached hydrogen (secondary N) is 1. The van der Waals surface area contributed by atoms with Gasteiger partial charge in [0.2, 0.25) is 5.91 Å². The zero-order valence-electron chi connectivity index (χ0n) is 38.2. The first-order valence-electron chi connectivity index (χ1n) is 25.1. The Bertz CT molecular complexity index is 904. The van der Waals surface area contributed by atoms with Gasteiger partial charge in [0.25, 0.3) is 0 Å². The van der Waals surface area contributed by atoms with Gasteiger partial charge in [0.05, 0.1) is 25.2 Å². The van der Waals surface area contributed by atoms with Gasteiger partial charge in [-0.05, 0) is 77.0 Å². The highest BCUT2D eigenvalue weighted by Gasteiger charge is 2.24. The zero-order chi connectivity index (χ0) is 41.7. The van der Waals surface area contributed by atoms with E-state index in [1.807, 2.05) is 0 Å². The van der Waals surface area contributed by atoms with E-state index in [2.05, 4.69) is 50.4 Å². The Morgan fingerprint density at radius 3 is 1.26 bits per heavy atom. The SMILES string of the molecule is CCCCCC/C=C\CCCCCCCC(CC(=O)NC(CO)C(O)CCCCCCCCCCCCC)OC(=O)CCCCC/C=C\CCCCCCCCC. The lowest BCUT2D eigenvalue weighted by Crippen LogP contribution is -2.46. The molecule has 0 aliphatic rings. The van der Waals surface area contributed by atoms with Gasteiger partial charge >= 0.3 is 5.97 Å². The third kappa shape index (κ3) is 40.9. The van der Waals surface area contributed by atoms with E-state index in [4.69, 9.17) is 4.74 Å². The Balaban J connectivity index is 4.60. The van der Waals surface area contributed by atoms with Crippen LogP contribution in [0.15, 0.2) is 24.3 Å². The summed E-state index contributed by atoms with van der Waals surface area (Å²) in [7, 11) is 0. The number of rotatable bonds is 45. The number of amides is 1. The number of esters is 1. The summed E-state index contributed by atoms with van der Waals surface area (Å²) in [4.78, 5) is 26.1. The fraction of sp³-hybridized carbons (Fsp3) is 0.882. The third-order valence-electron chi connectivity index (χ3n) is 11.5. The minimum absolute atomic E-state index is 0.0694. The van der Waals surface area contributed by atoms with Gasteiger partial charge in [0.15, 0.2) is 0 Å². The predicted molar refractivity (Wildman–Crippen MR) is 246 cm³/mol. The summed E-state index contributed by atoms with van der Waals surface area (Å²) in [5, 5.41) is 23.7. The van der Waals surface area contributed by atoms with Gasteiger partial charge in [0, 0.05) is 6.42 Å². The van der Waals surface area contributed by atoms with Gasteiger partial charge in [-0.15, -0.1) is 0 Å². The number of hydrogen-bond acceptors (Lipinski definition) is 5. The van der Waals surface area contributed by atoms with Gasteiger partial charge in [-0.3, -0.25) is 9.59 Å². The molecule has 57 heavy (non-hydrogen) atoms. The largest absolute Gasteiger partial charge is 0.462 e. The summed E-state index contributed by atoms with van der Waals surface area (Å²) in [5.74, 6) is -0.492. The molecule has 0 aliphatic carbocycles. The van der Waals surface area contributed by atoms with Crippen LogP contribution in [-0.2, 0) is 14.3 Å². The molecule has 0 saturated carbocycles. The molecule has 6 nitrogen and oxygen atoms in total. The molecule has 3 N–H and O–H groups in total. The van der Waals surface area contributed by atoms with Crippen molar-refractivity contribution >= 4 is 11.9 Å². The minimum atomic E-state index is -0.787. The van der Waals surface area contributed by atoms with Crippen LogP contribution in [0.2, 0.25) is 0 Å². The predicted octanol–water partition coefficient (Wildman–Crippen LogP) is 14.7. The highest BCUT2D eigenvalue weighted by molar-refractivity contribution is 5.77. The van der Waals surface area contributed by atoms with E-state index < -0.39 is 18.2 Å². The van der Waals surface area contributed by atoms with Gasteiger partial charge in [0.1, 0.15) is 6.10 Å². The van der Waals surface area contributed by atoms with Crippen LogP contribution in [0, 0.1) is 0 Å². The topological polar surface area (TPSA) is 95.9 Å². The quantitative estimate of drug-likeness (QED) is 0.0324. The molecule has 0 bridgehead atoms. The van der Waals surface area contributed by atoms with Gasteiger partial charge in [-0.25, -0.2) is 0 Å². The van der Waals surface area contributed by atoms with Crippen molar-refractivity contribution < 1.29 is 24.5 Å². The van der Waals surface area contributed by atoms with Crippen LogP contribution < -0.4 is 5.32 Å². The molecular weight excluding hydrogens is 707 g/mol. The number of allylic oxidation sites excluding steroid dienone is 4. The minimum Gasteiger partial charge on any atom is -0.462 e. The summed E-state index contributed by atoms with van der Waals surface area (Å²) < 4.78 is 5.91. The van der Waals surface area contributed by atoms with Crippen LogP contribution in [0.3, 0.4) is 0 Å². The number of carbonyl (C=O) groups is 2. The lowest BCUT2D eigenvalue weighted by molar-refractivity contribution is -0.151. The molecule has 0 aromatic rings. The molecule has 3 atom stereocenters. The zero-order valence-corrected chi connectivity index (χ0v) is 38.2. The first-order chi connectivity index (χ1) is 28.0. The monoisotopic (exact) mass is 804 g/mol. The number of unbranched alkanes of at least 4 members (excludes halogenated alkanes) is 29. The Labute approximate surface area is 354 Å². The Morgan fingerprint density at radius 2 is 0.842 bits per heavy atom. The van der Waals surface area contributed by atoms with Gasteiger partial charge in [-0.1, -0.05) is 199 Å². The smallest absolute Gasteiger partial charge is 0.306 e. The van der Waals surface area contributed by atoms with E-state index >= 15 is 0 Å². The highest BCUT2D eigenvalue weighted by Crippen LogP contribution is 2.17. The Hall–Kier alpha value is -1.66. The second-order valence-electron chi connectivity index (χ2n) is 17.2. The molecule has 3 unspecified atom stereocenters. The summed E-state index contributed by atoms with van der Waals surface area (Å²) >= 11 is 0. The third-order valence-corrected chi connectivity index (χ3v) is 11.5. The van der Waals surface area contributed by atoms with Crippen LogP contribution in [0.1, 0.15) is 265 Å². The molecule has 6 heteroatoms. The van der Waals surface area contributed by atoms with E-state index in [0.717, 1.165) is 70.6 Å². The molecule has 0 radical (unpaired) electrons. The van der Waals surface area contributed by atoms with Crippen molar-refractivity contribution in [2.75, 3.05) is 6.61 Å². The molecule has 0 rings (SSSR count). The fourth-order valence-corrected chi connectivity index (χ4v) is 7.65. The van der Waals surface area contributed by atoms with Crippen LogP contribution in [0.5, 0.6) is 0 Å². The van der Waals surface area contributed by atoms with Crippen molar-refractivity contribution in [1.82, 2.24) is 5.32 Å². The van der Waals surface area contributed by atoms with Crippen molar-refractivity contribution in [2.24, 2.45) is 0 Å². The molecule has 0 aliphatic heterocycles. The molecular formula is C51H97NO5. The molecule has 0 aromatic heterocycles. The van der Waals surface area contributed by atoms with Crippen LogP contribution in [0.25, 0.3) is 0 Å². The lowest BCUT2D eigenvalue weighted by Gasteiger charge is -2.24. The molecule has 336 valence electrons. The fourth-order valence-electron chi connectivity index (χ4n) is 7.65. The molecule has 0 aromatic carbocycles. The van der Waals surface area contributed by atoms with Crippen LogP contribution in [-0.4, -0.2) is 46.9 Å². The average molecular weight is 804 g/mol. The second-order valence-corrected chi connectivity index (χ2v) is 17.2. The summed E-state index contributed by atoms with van der Waals surface area (Å²) in [5.41, 5.74) is 0. The first kappa shape index (κ1) is 55.3. The van der Waals surface area contributed by atoms with E-state index in [0.29, 0.717) is 19.3 Å². The number of ether oxygens (including phenoxy) is 1. The van der Waals surface area contributed by atoms with Crippen molar-refractivity contribution in [2.45, 2.75) is 283 Å². The molecule has 0 fully saturated rings. The van der Waals surface area contributed by atoms with Gasteiger partial charge < -0.3 is 20.3 Å². The van der Waals surface area contributed by atoms with Crippen molar-refractivity contribution in [3.8, 4) is 0 Å². The van der Waals surface area contributed by atoms with Crippen molar-refractivity contribution in [3.63, 3.8) is 0 Å². The van der Waals surface area contributed by atoms with E-state index in [-0.39, 0.29) is 24.9 Å².